The maximum absolute atomic E-state index is 11.8. The highest BCUT2D eigenvalue weighted by Crippen LogP contribution is 2.23. The first-order valence-electron chi connectivity index (χ1n) is 4.94. The molecule has 1 rings (SSSR count). The van der Waals surface area contributed by atoms with Crippen molar-refractivity contribution in [2.45, 2.75) is 33.1 Å². The molecule has 0 aliphatic rings. The number of thiophene rings is 1. The van der Waals surface area contributed by atoms with Gasteiger partial charge in [-0.2, -0.15) is 0 Å². The molecule has 0 amide bonds. The lowest BCUT2D eigenvalue weighted by Gasteiger charge is -2.09. The van der Waals surface area contributed by atoms with Crippen LogP contribution in [0.2, 0.25) is 0 Å². The number of rotatable bonds is 5. The van der Waals surface area contributed by atoms with E-state index in [1.807, 2.05) is 11.4 Å². The van der Waals surface area contributed by atoms with E-state index in [9.17, 15) is 4.79 Å². The second-order valence-corrected chi connectivity index (χ2v) is 5.74. The minimum atomic E-state index is 0.278. The topological polar surface area (TPSA) is 17.1 Å². The van der Waals surface area contributed by atoms with Crippen molar-refractivity contribution < 1.29 is 4.79 Å². The van der Waals surface area contributed by atoms with Crippen molar-refractivity contribution in [2.75, 3.05) is 0 Å². The summed E-state index contributed by atoms with van der Waals surface area (Å²) in [5, 5.41) is 1.93. The Labute approximate surface area is 97.7 Å². The van der Waals surface area contributed by atoms with Crippen molar-refractivity contribution >= 4 is 33.0 Å². The Hall–Kier alpha value is -0.150. The molecule has 0 N–H and O–H groups in total. The fraction of sp³-hybridized carbons (Fsp3) is 0.545. The van der Waals surface area contributed by atoms with Gasteiger partial charge in [-0.3, -0.25) is 4.79 Å². The van der Waals surface area contributed by atoms with Crippen LogP contribution in [0.1, 0.15) is 43.5 Å². The molecular weight excluding hydrogens is 260 g/mol. The molecule has 0 radical (unpaired) electrons. The monoisotopic (exact) mass is 274 g/mol. The molecule has 3 heteroatoms. The Morgan fingerprint density at radius 3 is 2.57 bits per heavy atom. The Bertz CT molecular complexity index is 302. The first-order chi connectivity index (χ1) is 6.67. The van der Waals surface area contributed by atoms with Gasteiger partial charge >= 0.3 is 0 Å². The Morgan fingerprint density at radius 1 is 1.50 bits per heavy atom. The van der Waals surface area contributed by atoms with Crippen molar-refractivity contribution in [3.8, 4) is 0 Å². The molecule has 0 atom stereocenters. The molecule has 0 unspecified atom stereocenters. The molecule has 1 heterocycles. The van der Waals surface area contributed by atoms with Crippen LogP contribution in [-0.4, -0.2) is 5.78 Å². The van der Waals surface area contributed by atoms with E-state index in [1.165, 1.54) is 0 Å². The van der Waals surface area contributed by atoms with Gasteiger partial charge in [-0.1, -0.05) is 26.7 Å². The van der Waals surface area contributed by atoms with E-state index in [0.717, 1.165) is 22.2 Å². The summed E-state index contributed by atoms with van der Waals surface area (Å²) >= 11 is 4.94. The number of Topliss-reactive ketones (excluding diaryl/α,β-unsaturated/α-hetero) is 1. The van der Waals surface area contributed by atoms with E-state index in [2.05, 4.69) is 29.8 Å². The van der Waals surface area contributed by atoms with Crippen LogP contribution >= 0.6 is 27.3 Å². The van der Waals surface area contributed by atoms with Crippen LogP contribution < -0.4 is 0 Å². The minimum Gasteiger partial charge on any atom is -0.294 e. The highest BCUT2D eigenvalue weighted by atomic mass is 79.9. The summed E-state index contributed by atoms with van der Waals surface area (Å²) in [5.41, 5.74) is 0.855. The fourth-order valence-corrected chi connectivity index (χ4v) is 2.57. The van der Waals surface area contributed by atoms with Crippen LogP contribution in [0.4, 0.5) is 0 Å². The van der Waals surface area contributed by atoms with E-state index in [0.29, 0.717) is 12.3 Å². The summed E-state index contributed by atoms with van der Waals surface area (Å²) in [6.07, 6.45) is 2.87. The summed E-state index contributed by atoms with van der Waals surface area (Å²) in [5.74, 6) is 0.821. The van der Waals surface area contributed by atoms with Crippen molar-refractivity contribution in [1.82, 2.24) is 0 Å². The average Bonchev–Trinajstić information content (AvgIpc) is 2.61. The van der Waals surface area contributed by atoms with Gasteiger partial charge in [0.1, 0.15) is 0 Å². The molecule has 0 aliphatic carbocycles. The summed E-state index contributed by atoms with van der Waals surface area (Å²) in [7, 11) is 0. The predicted molar refractivity (Wildman–Crippen MR) is 65.0 cm³/mol. The lowest BCUT2D eigenvalue weighted by Crippen LogP contribution is -2.06. The van der Waals surface area contributed by atoms with Crippen LogP contribution in [-0.2, 0) is 0 Å². The van der Waals surface area contributed by atoms with Gasteiger partial charge in [0.2, 0.25) is 0 Å². The highest BCUT2D eigenvalue weighted by Gasteiger charge is 2.13. The van der Waals surface area contributed by atoms with Gasteiger partial charge in [0, 0.05) is 17.4 Å². The normalized spacial score (nSPS) is 10.9. The summed E-state index contributed by atoms with van der Waals surface area (Å²) in [4.78, 5) is 11.8. The zero-order chi connectivity index (χ0) is 10.6. The van der Waals surface area contributed by atoms with Crippen LogP contribution in [0.15, 0.2) is 15.2 Å². The second-order valence-electron chi connectivity index (χ2n) is 3.45. The molecule has 0 aliphatic heterocycles. The van der Waals surface area contributed by atoms with Crippen molar-refractivity contribution in [3.63, 3.8) is 0 Å². The molecule has 0 aromatic carbocycles. The van der Waals surface area contributed by atoms with Gasteiger partial charge in [0.15, 0.2) is 5.78 Å². The van der Waals surface area contributed by atoms with E-state index >= 15 is 0 Å². The fourth-order valence-electron chi connectivity index (χ4n) is 1.41. The number of halogens is 1. The molecule has 0 bridgehead atoms. The standard InChI is InChI=1S/C11H15BrOS/c1-3-8(4-2)5-10(13)9-6-11(12)14-7-9/h6-8H,3-5H2,1-2H3. The first-order valence-corrected chi connectivity index (χ1v) is 6.61. The van der Waals surface area contributed by atoms with Gasteiger partial charge < -0.3 is 0 Å². The van der Waals surface area contributed by atoms with Crippen molar-refractivity contribution in [3.05, 3.63) is 20.8 Å². The first kappa shape index (κ1) is 11.9. The van der Waals surface area contributed by atoms with Crippen molar-refractivity contribution in [2.24, 2.45) is 5.92 Å². The third-order valence-corrected chi connectivity index (χ3v) is 4.02. The quantitative estimate of drug-likeness (QED) is 0.722. The Morgan fingerprint density at radius 2 is 2.14 bits per heavy atom. The summed E-state index contributed by atoms with van der Waals surface area (Å²) < 4.78 is 1.03. The summed E-state index contributed by atoms with van der Waals surface area (Å²) in [6, 6.07) is 1.91. The third-order valence-electron chi connectivity index (χ3n) is 2.52. The predicted octanol–water partition coefficient (Wildman–Crippen LogP) is 4.52. The second kappa shape index (κ2) is 5.66. The van der Waals surface area contributed by atoms with E-state index in [1.54, 1.807) is 11.3 Å². The smallest absolute Gasteiger partial charge is 0.164 e. The van der Waals surface area contributed by atoms with Gasteiger partial charge in [0.25, 0.3) is 0 Å². The molecule has 1 aromatic heterocycles. The van der Waals surface area contributed by atoms with E-state index in [-0.39, 0.29) is 5.78 Å². The average molecular weight is 275 g/mol. The van der Waals surface area contributed by atoms with Crippen LogP contribution in [0.25, 0.3) is 0 Å². The molecule has 0 saturated carbocycles. The van der Waals surface area contributed by atoms with E-state index in [4.69, 9.17) is 0 Å². The molecule has 1 nitrogen and oxygen atoms in total. The molecular formula is C11H15BrOS. The van der Waals surface area contributed by atoms with Crippen LogP contribution in [0.5, 0.6) is 0 Å². The van der Waals surface area contributed by atoms with Crippen molar-refractivity contribution in [1.29, 1.82) is 0 Å². The third kappa shape index (κ3) is 3.21. The number of hydrogen-bond donors (Lipinski definition) is 0. The SMILES string of the molecule is CCC(CC)CC(=O)c1csc(Br)c1. The Balaban J connectivity index is 2.58. The van der Waals surface area contributed by atoms with Gasteiger partial charge in [-0.15, -0.1) is 11.3 Å². The zero-order valence-corrected chi connectivity index (χ0v) is 11.0. The molecule has 78 valence electrons. The molecule has 14 heavy (non-hydrogen) atoms. The molecule has 0 spiro atoms. The maximum atomic E-state index is 11.8. The van der Waals surface area contributed by atoms with Crippen LogP contribution in [0, 0.1) is 5.92 Å². The van der Waals surface area contributed by atoms with Gasteiger partial charge in [0.05, 0.1) is 3.79 Å². The Kier molecular flexibility index (Phi) is 4.82. The van der Waals surface area contributed by atoms with Gasteiger partial charge in [-0.05, 0) is 27.9 Å². The lowest BCUT2D eigenvalue weighted by molar-refractivity contribution is 0.0959. The maximum Gasteiger partial charge on any atom is 0.164 e. The largest absolute Gasteiger partial charge is 0.294 e. The van der Waals surface area contributed by atoms with Crippen LogP contribution in [0.3, 0.4) is 0 Å². The van der Waals surface area contributed by atoms with Gasteiger partial charge in [-0.25, -0.2) is 0 Å². The summed E-state index contributed by atoms with van der Waals surface area (Å²) in [6.45, 7) is 4.29. The molecule has 0 saturated heterocycles. The zero-order valence-electron chi connectivity index (χ0n) is 8.55. The number of ketones is 1. The highest BCUT2D eigenvalue weighted by molar-refractivity contribution is 9.11. The molecule has 1 aromatic rings. The van der Waals surface area contributed by atoms with E-state index < -0.39 is 0 Å². The lowest BCUT2D eigenvalue weighted by atomic mass is 9.95. The number of hydrogen-bond acceptors (Lipinski definition) is 2. The minimum absolute atomic E-state index is 0.278. The number of carbonyl (C=O) groups is 1. The molecule has 0 fully saturated rings. The number of carbonyl (C=O) groups excluding carboxylic acids is 1.